The van der Waals surface area contributed by atoms with Gasteiger partial charge in [-0.05, 0) is 19.3 Å². The number of hydrogen-bond acceptors (Lipinski definition) is 3. The molecule has 0 aromatic carbocycles. The van der Waals surface area contributed by atoms with E-state index in [0.29, 0.717) is 10.7 Å². The topological polar surface area (TPSA) is 42.1 Å². The van der Waals surface area contributed by atoms with Crippen LogP contribution in [0.15, 0.2) is 12.4 Å². The fourth-order valence-electron chi connectivity index (χ4n) is 1.89. The molecule has 3 nitrogen and oxygen atoms in total. The first-order chi connectivity index (χ1) is 6.79. The van der Waals surface area contributed by atoms with Crippen LogP contribution >= 0.6 is 11.6 Å². The van der Waals surface area contributed by atoms with Gasteiger partial charge in [-0.2, -0.15) is 0 Å². The molecule has 1 aliphatic rings. The fourth-order valence-corrected chi connectivity index (χ4v) is 2.18. The molecule has 0 radical (unpaired) electrons. The van der Waals surface area contributed by atoms with Crippen LogP contribution in [-0.2, 0) is 0 Å². The average Bonchev–Trinajstić information content (AvgIpc) is 2.19. The largest absolute Gasteiger partial charge is 0.396 e. The smallest absolute Gasteiger partial charge is 0.0843 e. The molecule has 1 aromatic rings. The first-order valence-electron chi connectivity index (χ1n) is 4.93. The van der Waals surface area contributed by atoms with Gasteiger partial charge in [0.15, 0.2) is 0 Å². The maximum atomic E-state index is 6.08. The molecule has 0 amide bonds. The molecule has 76 valence electrons. The minimum Gasteiger partial charge on any atom is -0.396 e. The van der Waals surface area contributed by atoms with Crippen LogP contribution in [0.3, 0.4) is 0 Å². The van der Waals surface area contributed by atoms with Gasteiger partial charge >= 0.3 is 0 Å². The molecule has 0 bridgehead atoms. The lowest BCUT2D eigenvalue weighted by Gasteiger charge is -2.30. The molecule has 2 N–H and O–H groups in total. The van der Waals surface area contributed by atoms with Gasteiger partial charge in [0, 0.05) is 19.3 Å². The third-order valence-corrected chi connectivity index (χ3v) is 2.85. The standard InChI is InChI=1S/C10H14ClN3/c11-8-6-13-7-9(12)10(8)14-4-2-1-3-5-14/h6-7H,1-5,12H2. The Bertz CT molecular complexity index is 301. The van der Waals surface area contributed by atoms with Gasteiger partial charge in [-0.15, -0.1) is 0 Å². The SMILES string of the molecule is Nc1cncc(Cl)c1N1CCCCC1. The third kappa shape index (κ3) is 1.77. The maximum Gasteiger partial charge on any atom is 0.0843 e. The van der Waals surface area contributed by atoms with Crippen LogP contribution in [0.4, 0.5) is 11.4 Å². The summed E-state index contributed by atoms with van der Waals surface area (Å²) in [5.74, 6) is 0. The number of nitrogens with zero attached hydrogens (tertiary/aromatic N) is 2. The second-order valence-corrected chi connectivity index (χ2v) is 4.01. The van der Waals surface area contributed by atoms with Crippen LogP contribution in [0.5, 0.6) is 0 Å². The van der Waals surface area contributed by atoms with E-state index < -0.39 is 0 Å². The number of halogens is 1. The summed E-state index contributed by atoms with van der Waals surface area (Å²) in [6.07, 6.45) is 7.06. The Labute approximate surface area is 88.9 Å². The predicted molar refractivity (Wildman–Crippen MR) is 59.7 cm³/mol. The number of piperidine rings is 1. The minimum atomic E-state index is 0.659. The van der Waals surface area contributed by atoms with Crippen LogP contribution in [0.25, 0.3) is 0 Å². The number of rotatable bonds is 1. The number of nitrogen functional groups attached to an aromatic ring is 1. The summed E-state index contributed by atoms with van der Waals surface area (Å²) in [4.78, 5) is 6.21. The highest BCUT2D eigenvalue weighted by molar-refractivity contribution is 6.33. The Kier molecular flexibility index (Phi) is 2.77. The summed E-state index contributed by atoms with van der Waals surface area (Å²) >= 11 is 6.08. The molecule has 0 spiro atoms. The van der Waals surface area contributed by atoms with Crippen LogP contribution in [0.1, 0.15) is 19.3 Å². The zero-order valence-electron chi connectivity index (χ0n) is 8.04. The second-order valence-electron chi connectivity index (χ2n) is 3.61. The molecule has 2 rings (SSSR count). The normalized spacial score (nSPS) is 17.1. The van der Waals surface area contributed by atoms with Crippen LogP contribution in [0, 0.1) is 0 Å². The van der Waals surface area contributed by atoms with Crippen LogP contribution in [-0.4, -0.2) is 18.1 Å². The molecular weight excluding hydrogens is 198 g/mol. The summed E-state index contributed by atoms with van der Waals surface area (Å²) in [7, 11) is 0. The highest BCUT2D eigenvalue weighted by Crippen LogP contribution is 2.32. The van der Waals surface area contributed by atoms with Crippen molar-refractivity contribution in [2.45, 2.75) is 19.3 Å². The van der Waals surface area contributed by atoms with E-state index in [1.807, 2.05) is 0 Å². The van der Waals surface area contributed by atoms with Gasteiger partial charge in [-0.1, -0.05) is 11.6 Å². The van der Waals surface area contributed by atoms with Gasteiger partial charge in [0.2, 0.25) is 0 Å². The number of anilines is 2. The molecular formula is C10H14ClN3. The first-order valence-corrected chi connectivity index (χ1v) is 5.31. The van der Waals surface area contributed by atoms with E-state index in [4.69, 9.17) is 17.3 Å². The van der Waals surface area contributed by atoms with Crippen molar-refractivity contribution in [3.8, 4) is 0 Å². The van der Waals surface area contributed by atoms with Crippen molar-refractivity contribution in [2.75, 3.05) is 23.7 Å². The molecule has 2 heterocycles. The monoisotopic (exact) mass is 211 g/mol. The molecule has 0 aliphatic carbocycles. The summed E-state index contributed by atoms with van der Waals surface area (Å²) in [5, 5.41) is 0.659. The van der Waals surface area contributed by atoms with Gasteiger partial charge in [-0.25, -0.2) is 0 Å². The average molecular weight is 212 g/mol. The Hall–Kier alpha value is -0.960. The molecule has 1 fully saturated rings. The van der Waals surface area contributed by atoms with Crippen molar-refractivity contribution < 1.29 is 0 Å². The van der Waals surface area contributed by atoms with Crippen molar-refractivity contribution in [2.24, 2.45) is 0 Å². The van der Waals surface area contributed by atoms with E-state index in [-0.39, 0.29) is 0 Å². The van der Waals surface area contributed by atoms with Gasteiger partial charge < -0.3 is 10.6 Å². The zero-order chi connectivity index (χ0) is 9.97. The fraction of sp³-hybridized carbons (Fsp3) is 0.500. The molecule has 1 saturated heterocycles. The second kappa shape index (κ2) is 4.05. The minimum absolute atomic E-state index is 0.659. The van der Waals surface area contributed by atoms with E-state index in [0.717, 1.165) is 18.8 Å². The van der Waals surface area contributed by atoms with Gasteiger partial charge in [-0.3, -0.25) is 4.98 Å². The molecule has 0 saturated carbocycles. The Morgan fingerprint density at radius 3 is 2.57 bits per heavy atom. The van der Waals surface area contributed by atoms with Crippen molar-refractivity contribution in [1.82, 2.24) is 4.98 Å². The van der Waals surface area contributed by atoms with Crippen LogP contribution < -0.4 is 10.6 Å². The van der Waals surface area contributed by atoms with E-state index in [1.165, 1.54) is 19.3 Å². The van der Waals surface area contributed by atoms with Gasteiger partial charge in [0.25, 0.3) is 0 Å². The first kappa shape index (κ1) is 9.59. The Morgan fingerprint density at radius 1 is 1.21 bits per heavy atom. The zero-order valence-corrected chi connectivity index (χ0v) is 8.80. The predicted octanol–water partition coefficient (Wildman–Crippen LogP) is 2.31. The van der Waals surface area contributed by atoms with Crippen molar-refractivity contribution in [3.63, 3.8) is 0 Å². The molecule has 0 atom stereocenters. The molecule has 1 aromatic heterocycles. The maximum absolute atomic E-state index is 6.08. The lowest BCUT2D eigenvalue weighted by atomic mass is 10.1. The molecule has 1 aliphatic heterocycles. The molecule has 4 heteroatoms. The Morgan fingerprint density at radius 2 is 1.93 bits per heavy atom. The van der Waals surface area contributed by atoms with Crippen molar-refractivity contribution in [3.05, 3.63) is 17.4 Å². The van der Waals surface area contributed by atoms with E-state index in [2.05, 4.69) is 9.88 Å². The number of hydrogen-bond donors (Lipinski definition) is 1. The lowest BCUT2D eigenvalue weighted by molar-refractivity contribution is 0.578. The van der Waals surface area contributed by atoms with Crippen molar-refractivity contribution >= 4 is 23.0 Å². The van der Waals surface area contributed by atoms with Gasteiger partial charge in [0.05, 0.1) is 22.6 Å². The lowest BCUT2D eigenvalue weighted by Crippen LogP contribution is -2.30. The van der Waals surface area contributed by atoms with Gasteiger partial charge in [0.1, 0.15) is 0 Å². The van der Waals surface area contributed by atoms with E-state index in [1.54, 1.807) is 12.4 Å². The third-order valence-electron chi connectivity index (χ3n) is 2.57. The molecule has 0 unspecified atom stereocenters. The quantitative estimate of drug-likeness (QED) is 0.775. The highest BCUT2D eigenvalue weighted by Gasteiger charge is 2.16. The summed E-state index contributed by atoms with van der Waals surface area (Å²) < 4.78 is 0. The summed E-state index contributed by atoms with van der Waals surface area (Å²) in [6, 6.07) is 0. The number of nitrogens with two attached hydrogens (primary N) is 1. The molecule has 14 heavy (non-hydrogen) atoms. The number of aromatic nitrogens is 1. The summed E-state index contributed by atoms with van der Waals surface area (Å²) in [6.45, 7) is 2.10. The van der Waals surface area contributed by atoms with Crippen molar-refractivity contribution in [1.29, 1.82) is 0 Å². The number of pyridine rings is 1. The van der Waals surface area contributed by atoms with E-state index in [9.17, 15) is 0 Å². The van der Waals surface area contributed by atoms with E-state index >= 15 is 0 Å². The van der Waals surface area contributed by atoms with Crippen LogP contribution in [0.2, 0.25) is 5.02 Å². The highest BCUT2D eigenvalue weighted by atomic mass is 35.5. The summed E-state index contributed by atoms with van der Waals surface area (Å²) in [5.41, 5.74) is 7.50. The Balaban J connectivity index is 2.29.